The maximum absolute atomic E-state index is 14.5. The highest BCUT2D eigenvalue weighted by Gasteiger charge is 2.53. The zero-order chi connectivity index (χ0) is 92.0. The molecule has 0 aromatic rings. The number of aliphatic hydroxyl groups is 6. The normalized spacial score (nSPS) is 30.6. The van der Waals surface area contributed by atoms with Gasteiger partial charge >= 0.3 is 5.97 Å². The zero-order valence-corrected chi connectivity index (χ0v) is 71.8. The van der Waals surface area contributed by atoms with E-state index in [1.807, 2.05) is 0 Å². The minimum absolute atomic E-state index is 0.0267. The fourth-order valence-electron chi connectivity index (χ4n) is 20.6. The van der Waals surface area contributed by atoms with Crippen LogP contribution in [0.3, 0.4) is 0 Å². The molecule has 704 valence electrons. The van der Waals surface area contributed by atoms with Gasteiger partial charge in [-0.2, -0.15) is 12.6 Å². The predicted molar refractivity (Wildman–Crippen MR) is 438 cm³/mol. The first kappa shape index (κ1) is 95.1. The highest BCUT2D eigenvalue weighted by atomic mass is 32.1. The molecule has 128 heavy (non-hydrogen) atoms. The van der Waals surface area contributed by atoms with Crippen LogP contribution in [0.2, 0.25) is 0 Å². The second kappa shape index (κ2) is 41.5. The summed E-state index contributed by atoms with van der Waals surface area (Å²) in [5.74, 6) is -14.8. The van der Waals surface area contributed by atoms with Crippen LogP contribution in [-0.2, 0) is 95.9 Å². The smallest absolute Gasteiger partial charge is 0.326 e. The van der Waals surface area contributed by atoms with E-state index in [2.05, 4.69) is 55.2 Å². The van der Waals surface area contributed by atoms with E-state index in [-0.39, 0.29) is 167 Å². The summed E-state index contributed by atoms with van der Waals surface area (Å²) in [6.45, 7) is -4.51. The lowest BCUT2D eigenvalue weighted by molar-refractivity contribution is -0.149. The van der Waals surface area contributed by atoms with Crippen LogP contribution in [0.15, 0.2) is 0 Å². The number of carboxylic acids is 1. The summed E-state index contributed by atoms with van der Waals surface area (Å²) in [5, 5.41) is 94.3. The molecular formula is C80H116N20O27S. The number of carbonyl (C=O) groups excluding carboxylic acids is 19. The molecule has 0 spiro atoms. The maximum atomic E-state index is 14.5. The molecule has 19 amide bonds. The van der Waals surface area contributed by atoms with E-state index in [1.165, 1.54) is 29.4 Å². The summed E-state index contributed by atoms with van der Waals surface area (Å²) in [6, 6.07) is -15.9. The van der Waals surface area contributed by atoms with Gasteiger partial charge in [0.25, 0.3) is 0 Å². The molecule has 0 saturated carbocycles. The Morgan fingerprint density at radius 3 is 0.758 bits per heavy atom. The number of β-amino-alcohol motifs (C(OH)–C–C–N with tert-alkyl or cyclic N) is 6. The van der Waals surface area contributed by atoms with Gasteiger partial charge in [0.1, 0.15) is 78.5 Å². The highest BCUT2D eigenvalue weighted by Crippen LogP contribution is 2.34. The quantitative estimate of drug-likeness (QED) is 0.0324. The highest BCUT2D eigenvalue weighted by molar-refractivity contribution is 7.80. The molecule has 20 atom stereocenters. The summed E-state index contributed by atoms with van der Waals surface area (Å²) < 4.78 is 0. The van der Waals surface area contributed by atoms with Crippen molar-refractivity contribution in [3.8, 4) is 0 Å². The van der Waals surface area contributed by atoms with Crippen LogP contribution in [0.4, 0.5) is 0 Å². The minimum atomic E-state index is -1.32. The predicted octanol–water partition coefficient (Wildman–Crippen LogP) is -12.3. The van der Waals surface area contributed by atoms with Crippen molar-refractivity contribution in [1.29, 1.82) is 0 Å². The Bertz CT molecular complexity index is 4340. The van der Waals surface area contributed by atoms with Crippen LogP contribution >= 0.6 is 12.6 Å². The van der Waals surface area contributed by atoms with Crippen molar-refractivity contribution in [3.63, 3.8) is 0 Å². The Morgan fingerprint density at radius 1 is 0.289 bits per heavy atom. The van der Waals surface area contributed by atoms with Gasteiger partial charge < -0.3 is 137 Å². The topological polar surface area (TPSA) is 618 Å². The fraction of sp³-hybridized carbons (Fsp3) is 0.750. The molecule has 0 bridgehead atoms. The van der Waals surface area contributed by atoms with Crippen molar-refractivity contribution in [3.05, 3.63) is 0 Å². The summed E-state index contributed by atoms with van der Waals surface area (Å²) in [5.41, 5.74) is 0. The minimum Gasteiger partial charge on any atom is -0.480 e. The number of amides is 19. The molecule has 0 radical (unpaired) electrons. The van der Waals surface area contributed by atoms with Gasteiger partial charge in [0.2, 0.25) is 112 Å². The van der Waals surface area contributed by atoms with E-state index >= 15 is 0 Å². The molecule has 13 aliphatic heterocycles. The lowest BCUT2D eigenvalue weighted by atomic mass is 10.1. The van der Waals surface area contributed by atoms with E-state index in [0.717, 1.165) is 29.4 Å². The third-order valence-electron chi connectivity index (χ3n) is 27.0. The molecule has 47 nitrogen and oxygen atoms in total. The van der Waals surface area contributed by atoms with E-state index in [0.29, 0.717) is 57.9 Å². The van der Waals surface area contributed by atoms with Gasteiger partial charge in [0, 0.05) is 123 Å². The van der Waals surface area contributed by atoms with Crippen molar-refractivity contribution in [2.75, 3.05) is 130 Å². The molecule has 48 heteroatoms. The number of thiol groups is 1. The third-order valence-corrected chi connectivity index (χ3v) is 27.4. The van der Waals surface area contributed by atoms with Crippen LogP contribution < -0.4 is 42.5 Å². The molecule has 0 aromatic heterocycles. The van der Waals surface area contributed by atoms with Crippen molar-refractivity contribution < 1.29 is 132 Å². The second-order valence-corrected chi connectivity index (χ2v) is 35.7. The summed E-state index contributed by atoms with van der Waals surface area (Å²) in [6.07, 6.45) is -3.56. The molecule has 13 rings (SSSR count). The Kier molecular flexibility index (Phi) is 30.8. The third kappa shape index (κ3) is 21.0. The monoisotopic (exact) mass is 1820 g/mol. The Hall–Kier alpha value is -10.5. The lowest BCUT2D eigenvalue weighted by Crippen LogP contribution is -2.57. The van der Waals surface area contributed by atoms with Gasteiger partial charge in [-0.3, -0.25) is 91.1 Å². The van der Waals surface area contributed by atoms with Crippen LogP contribution in [0.25, 0.3) is 0 Å². The van der Waals surface area contributed by atoms with Gasteiger partial charge in [0.05, 0.1) is 81.9 Å². The first-order valence-corrected chi connectivity index (χ1v) is 45.0. The summed E-state index contributed by atoms with van der Waals surface area (Å²) >= 11 is 4.16. The largest absolute Gasteiger partial charge is 0.480 e. The van der Waals surface area contributed by atoms with Crippen molar-refractivity contribution in [1.82, 2.24) is 101 Å². The number of rotatable bonds is 28. The first-order valence-electron chi connectivity index (χ1n) is 44.3. The van der Waals surface area contributed by atoms with Crippen LogP contribution in [-0.4, -0.2) is 464 Å². The average molecular weight is 1820 g/mol. The summed E-state index contributed by atoms with van der Waals surface area (Å²) in [7, 11) is 0. The van der Waals surface area contributed by atoms with Gasteiger partial charge in [-0.15, -0.1) is 0 Å². The lowest BCUT2D eigenvalue weighted by Gasteiger charge is -2.32. The second-order valence-electron chi connectivity index (χ2n) is 35.4. The number of nitrogens with zero attached hydrogens (tertiary/aromatic N) is 12. The number of likely N-dealkylation sites (tertiary alicyclic amines) is 12. The number of nitrogens with one attached hydrogen (secondary N) is 8. The van der Waals surface area contributed by atoms with Gasteiger partial charge in [-0.1, -0.05) is 0 Å². The van der Waals surface area contributed by atoms with Gasteiger partial charge in [-0.05, 0) is 96.3 Å². The van der Waals surface area contributed by atoms with Crippen molar-refractivity contribution in [2.45, 2.75) is 250 Å². The number of carboxylic acid groups (broad SMARTS) is 1. The summed E-state index contributed by atoms with van der Waals surface area (Å²) in [4.78, 5) is 290. The van der Waals surface area contributed by atoms with E-state index in [4.69, 9.17) is 0 Å². The number of aliphatic hydroxyl groups excluding tert-OH is 6. The van der Waals surface area contributed by atoms with Crippen LogP contribution in [0.1, 0.15) is 128 Å². The van der Waals surface area contributed by atoms with E-state index in [9.17, 15) is 132 Å². The van der Waals surface area contributed by atoms with Crippen LogP contribution in [0, 0.1) is 0 Å². The van der Waals surface area contributed by atoms with Gasteiger partial charge in [-0.25, -0.2) is 4.79 Å². The SMILES string of the molecule is O=C(CNC(=O)[C@@H]1CCCN1C(=O)[C@@H]1C[C@@H](O)CN1C(=O)CNC(=O)[C@@H]1CCCN1C(=O)[C@@H]1C[C@@H](O)CN1C(=O)CNC(=O)[C@@H]1CCCN1C(=O)[C@@H]1C[C@@H](O)CN1C(=O)CNC(=O)[C@@H]1CCCN1C(=O)[C@@H]1C[C@@H](O)CN1C(=O)CNC(=O)[C@@H]1CCCN1C(=O)[C@@H]1C[C@@H](O)CN1C(=O)CNC(=O)[C@@H]1CCCN1C(=O)[C@@H]1C[C@@H](O)CN1)N[C@@H](CS)C(=O)N1CCC[C@H]1C(=O)O. The van der Waals surface area contributed by atoms with E-state index in [1.54, 1.807) is 0 Å². The molecule has 0 unspecified atom stereocenters. The number of aliphatic carboxylic acids is 1. The van der Waals surface area contributed by atoms with Crippen molar-refractivity contribution >= 4 is 131 Å². The zero-order valence-electron chi connectivity index (χ0n) is 70.9. The average Bonchev–Trinajstić information content (AvgIpc) is 1.68. The van der Waals surface area contributed by atoms with Crippen molar-refractivity contribution in [2.24, 2.45) is 0 Å². The number of carbonyl (C=O) groups is 20. The standard InChI is InChI=1S/C80H116N20O27S/c101-41-22-47(81-28-41)73(119)89-15-1-8-49(89)68(114)83-30-62(108)97-36-43(103)24-57(97)76(122)91-17-3-10-51(91)70(116)85-32-64(110)99-38-45(105)26-59(99)78(124)93-19-5-12-53(93)72(118)87-34-66(112)100-39-46(106)27-60(100)79(125)94-20-6-13-54(94)71(117)86-33-65(111)98-37-44(104)25-58(98)77(123)92-18-4-11-52(92)69(115)84-31-63(109)96-35-42(102)23-56(96)75(121)90-16-2-9-50(90)67(113)82-29-61(107)88-48(40-128)74(120)95-21-7-14-55(95)80(126)127/h41-60,81,101-106,128H,1-40H2,(H,82,113)(H,83,114)(H,84,115)(H,85,116)(H,86,117)(H,87,118)(H,88,107)(H,126,127)/t41-,42-,43-,44-,45-,46-,47+,48+,49+,50+,51+,52+,53+,54+,55+,56+,57+,58+,59+,60+/m1/s1. The fourth-order valence-corrected chi connectivity index (χ4v) is 20.9. The molecule has 13 heterocycles. The molecule has 0 aliphatic carbocycles. The van der Waals surface area contributed by atoms with E-state index < -0.39 is 273 Å². The first-order chi connectivity index (χ1) is 61.1. The Balaban J connectivity index is 0.537. The maximum Gasteiger partial charge on any atom is 0.326 e. The molecule has 13 aliphatic rings. The molecule has 0 aromatic carbocycles. The number of hydrogen-bond donors (Lipinski definition) is 16. The molecule has 13 fully saturated rings. The molecule has 15 N–H and O–H groups in total. The number of hydrogen-bond acceptors (Lipinski definition) is 28. The van der Waals surface area contributed by atoms with Gasteiger partial charge in [0.15, 0.2) is 0 Å². The Morgan fingerprint density at radius 2 is 0.523 bits per heavy atom. The van der Waals surface area contributed by atoms with Crippen LogP contribution in [0.5, 0.6) is 0 Å². The molecular weight excluding hydrogens is 1710 g/mol. The Labute approximate surface area is 740 Å². The molecule has 13 saturated heterocycles.